The molecule has 0 saturated carbocycles. The quantitative estimate of drug-likeness (QED) is 0.259. The van der Waals surface area contributed by atoms with E-state index in [4.69, 9.17) is 0 Å². The van der Waals surface area contributed by atoms with Crippen LogP contribution in [0.2, 0.25) is 0 Å². The average molecular weight is 492 g/mol. The molecule has 1 unspecified atom stereocenters. The Kier molecular flexibility index (Phi) is 6.65. The molecular formula is C23H29IN2O2. The van der Waals surface area contributed by atoms with Gasteiger partial charge in [0, 0.05) is 37.0 Å². The monoisotopic (exact) mass is 492 g/mol. The van der Waals surface area contributed by atoms with E-state index in [1.165, 1.54) is 16.8 Å². The van der Waals surface area contributed by atoms with Crippen LogP contribution >= 0.6 is 22.6 Å². The Hall–Kier alpha value is -1.60. The average Bonchev–Trinajstić information content (AvgIpc) is 2.86. The lowest BCUT2D eigenvalue weighted by Crippen LogP contribution is -2.47. The lowest BCUT2D eigenvalue weighted by Gasteiger charge is -2.35. The van der Waals surface area contributed by atoms with Gasteiger partial charge in [-0.05, 0) is 49.6 Å². The van der Waals surface area contributed by atoms with Crippen molar-refractivity contribution in [3.8, 4) is 0 Å². The number of carbonyl (C=O) groups excluding carboxylic acids is 1. The van der Waals surface area contributed by atoms with E-state index in [0.29, 0.717) is 6.54 Å². The third kappa shape index (κ3) is 3.79. The van der Waals surface area contributed by atoms with Crippen molar-refractivity contribution in [2.75, 3.05) is 29.7 Å². The molecule has 1 aromatic rings. The molecule has 1 aromatic carbocycles. The van der Waals surface area contributed by atoms with Crippen LogP contribution in [0.15, 0.2) is 59.3 Å². The summed E-state index contributed by atoms with van der Waals surface area (Å²) in [7, 11) is 2.06. The molecule has 1 heterocycles. The van der Waals surface area contributed by atoms with Crippen molar-refractivity contribution >= 4 is 34.1 Å². The van der Waals surface area contributed by atoms with E-state index < -0.39 is 5.54 Å². The van der Waals surface area contributed by atoms with Crippen LogP contribution in [0.3, 0.4) is 0 Å². The molecule has 3 rings (SSSR count). The summed E-state index contributed by atoms with van der Waals surface area (Å²) in [6, 6.07) is 7.84. The maximum absolute atomic E-state index is 13.6. The Morgan fingerprint density at radius 3 is 2.61 bits per heavy atom. The van der Waals surface area contributed by atoms with Crippen LogP contribution in [0.25, 0.3) is 0 Å². The lowest BCUT2D eigenvalue weighted by atomic mass is 9.83. The molecule has 0 spiro atoms. The van der Waals surface area contributed by atoms with Crippen LogP contribution in [0.5, 0.6) is 0 Å². The number of hydrogen-bond donors (Lipinski definition) is 1. The number of halogens is 1. The number of nitrogens with zero attached hydrogens (tertiary/aromatic N) is 2. The minimum absolute atomic E-state index is 0.117. The van der Waals surface area contributed by atoms with Crippen molar-refractivity contribution in [2.24, 2.45) is 0 Å². The number of aliphatic hydroxyl groups is 1. The molecule has 1 N–H and O–H groups in total. The standard InChI is InChI=1S/C23H29IN2O2/c1-4-23(15-19-7-5-17(2)6-12-21(19)25(23)3)22(28)18-8-10-20(11-9-18)26(16-24)13-14-27/h5,7-12,27H,4,6,13-16H2,1-3H3. The molecule has 0 aromatic heterocycles. The molecule has 2 aliphatic rings. The fourth-order valence-electron chi connectivity index (χ4n) is 4.18. The summed E-state index contributed by atoms with van der Waals surface area (Å²) in [5.74, 6) is 0.183. The van der Waals surface area contributed by atoms with Gasteiger partial charge in [-0.25, -0.2) is 0 Å². The van der Waals surface area contributed by atoms with Crippen LogP contribution in [0.1, 0.15) is 43.5 Å². The molecule has 0 bridgehead atoms. The fourth-order valence-corrected chi connectivity index (χ4v) is 4.91. The van der Waals surface area contributed by atoms with E-state index >= 15 is 0 Å². The number of carbonyl (C=O) groups is 1. The second-order valence-electron chi connectivity index (χ2n) is 7.60. The Morgan fingerprint density at radius 2 is 2.00 bits per heavy atom. The van der Waals surface area contributed by atoms with E-state index in [2.05, 4.69) is 71.5 Å². The topological polar surface area (TPSA) is 43.8 Å². The van der Waals surface area contributed by atoms with Crippen LogP contribution < -0.4 is 4.90 Å². The number of alkyl halides is 1. The van der Waals surface area contributed by atoms with Crippen LogP contribution in [0.4, 0.5) is 5.69 Å². The van der Waals surface area contributed by atoms with E-state index in [1.807, 2.05) is 24.3 Å². The number of likely N-dealkylation sites (N-methyl/N-ethyl adjacent to an activating group) is 1. The SMILES string of the molecule is CCC1(C(=O)c2ccc(N(CI)CCO)cc2)CC2=CC=C(C)CC=C2N1C. The van der Waals surface area contributed by atoms with E-state index in [-0.39, 0.29) is 12.4 Å². The number of ketones is 1. The van der Waals surface area contributed by atoms with Gasteiger partial charge in [-0.1, -0.05) is 53.3 Å². The number of rotatable bonds is 7. The highest BCUT2D eigenvalue weighted by Gasteiger charge is 2.48. The van der Waals surface area contributed by atoms with Gasteiger partial charge in [0.1, 0.15) is 5.54 Å². The summed E-state index contributed by atoms with van der Waals surface area (Å²) >= 11 is 2.29. The van der Waals surface area contributed by atoms with Crippen LogP contribution in [-0.2, 0) is 0 Å². The summed E-state index contributed by atoms with van der Waals surface area (Å²) < 4.78 is 0.794. The number of hydrogen-bond acceptors (Lipinski definition) is 4. The molecule has 1 saturated heterocycles. The summed E-state index contributed by atoms with van der Waals surface area (Å²) in [5, 5.41) is 9.23. The first-order chi connectivity index (χ1) is 13.5. The minimum Gasteiger partial charge on any atom is -0.395 e. The number of aliphatic hydroxyl groups excluding tert-OH is 1. The first-order valence-corrected chi connectivity index (χ1v) is 11.4. The van der Waals surface area contributed by atoms with Crippen molar-refractivity contribution in [2.45, 2.75) is 38.6 Å². The van der Waals surface area contributed by atoms with E-state index in [0.717, 1.165) is 35.1 Å². The first-order valence-electron chi connectivity index (χ1n) is 9.84. The van der Waals surface area contributed by atoms with Crippen molar-refractivity contribution in [1.82, 2.24) is 4.90 Å². The Morgan fingerprint density at radius 1 is 1.29 bits per heavy atom. The van der Waals surface area contributed by atoms with Gasteiger partial charge in [0.25, 0.3) is 0 Å². The third-order valence-electron chi connectivity index (χ3n) is 6.02. The molecule has 1 fully saturated rings. The zero-order valence-corrected chi connectivity index (χ0v) is 19.1. The summed E-state index contributed by atoms with van der Waals surface area (Å²) in [6.07, 6.45) is 9.07. The molecule has 1 aliphatic heterocycles. The van der Waals surface area contributed by atoms with Crippen molar-refractivity contribution in [3.63, 3.8) is 0 Å². The molecule has 1 aliphatic carbocycles. The zero-order chi connectivity index (χ0) is 20.3. The Balaban J connectivity index is 1.90. The molecular weight excluding hydrogens is 463 g/mol. The molecule has 1 atom stereocenters. The second kappa shape index (κ2) is 8.82. The van der Waals surface area contributed by atoms with Crippen molar-refractivity contribution < 1.29 is 9.90 Å². The van der Waals surface area contributed by atoms with Crippen LogP contribution in [-0.4, -0.2) is 46.1 Å². The molecule has 28 heavy (non-hydrogen) atoms. The highest BCUT2D eigenvalue weighted by atomic mass is 127. The van der Waals surface area contributed by atoms with Gasteiger partial charge in [-0.15, -0.1) is 0 Å². The van der Waals surface area contributed by atoms with Gasteiger partial charge in [0.2, 0.25) is 0 Å². The molecule has 0 radical (unpaired) electrons. The Bertz CT molecular complexity index is 826. The molecule has 150 valence electrons. The van der Waals surface area contributed by atoms with Gasteiger partial charge in [-0.2, -0.15) is 0 Å². The summed E-state index contributed by atoms with van der Waals surface area (Å²) in [5.41, 5.74) is 5.05. The van der Waals surface area contributed by atoms with Crippen LogP contribution in [0, 0.1) is 0 Å². The molecule has 5 heteroatoms. The van der Waals surface area contributed by atoms with Crippen molar-refractivity contribution in [1.29, 1.82) is 0 Å². The normalized spacial score (nSPS) is 21.5. The van der Waals surface area contributed by atoms with E-state index in [1.54, 1.807) is 0 Å². The third-order valence-corrected chi connectivity index (χ3v) is 6.84. The highest BCUT2D eigenvalue weighted by molar-refractivity contribution is 14.1. The van der Waals surface area contributed by atoms with Gasteiger partial charge in [0.15, 0.2) is 5.78 Å². The maximum atomic E-state index is 13.6. The number of allylic oxidation sites excluding steroid dienone is 5. The number of benzene rings is 1. The lowest BCUT2D eigenvalue weighted by molar-refractivity contribution is 0.0740. The smallest absolute Gasteiger partial charge is 0.188 e. The minimum atomic E-state index is -0.522. The number of Topliss-reactive ketones (excluding diaryl/α,β-unsaturated/α-hetero) is 1. The summed E-state index contributed by atoms with van der Waals surface area (Å²) in [6.45, 7) is 4.96. The molecule has 0 amide bonds. The zero-order valence-electron chi connectivity index (χ0n) is 16.9. The van der Waals surface area contributed by atoms with Crippen molar-refractivity contribution in [3.05, 3.63) is 64.9 Å². The fraction of sp³-hybridized carbons (Fsp3) is 0.435. The number of likely N-dealkylation sites (tertiary alicyclic amines) is 1. The largest absolute Gasteiger partial charge is 0.395 e. The van der Waals surface area contributed by atoms with Gasteiger partial charge < -0.3 is 14.9 Å². The predicted octanol–water partition coefficient (Wildman–Crippen LogP) is 4.71. The Labute approximate surface area is 181 Å². The summed E-state index contributed by atoms with van der Waals surface area (Å²) in [4.78, 5) is 17.9. The predicted molar refractivity (Wildman–Crippen MR) is 124 cm³/mol. The van der Waals surface area contributed by atoms with E-state index in [9.17, 15) is 9.90 Å². The first kappa shape index (κ1) is 21.1. The highest BCUT2D eigenvalue weighted by Crippen LogP contribution is 2.44. The van der Waals surface area contributed by atoms with Gasteiger partial charge in [-0.3, -0.25) is 4.79 Å². The number of anilines is 1. The van der Waals surface area contributed by atoms with Gasteiger partial charge in [0.05, 0.1) is 11.2 Å². The van der Waals surface area contributed by atoms with Gasteiger partial charge >= 0.3 is 0 Å². The maximum Gasteiger partial charge on any atom is 0.188 e. The molecule has 4 nitrogen and oxygen atoms in total. The number of fused-ring (bicyclic) bond motifs is 1. The second-order valence-corrected chi connectivity index (χ2v) is 8.28.